The lowest BCUT2D eigenvalue weighted by atomic mass is 9.76. The number of benzene rings is 1. The van der Waals surface area contributed by atoms with Crippen molar-refractivity contribution in [3.8, 4) is 5.75 Å². The average molecular weight is 422 g/mol. The number of Topliss-reactive ketones (excluding diaryl/α,β-unsaturated/α-hetero) is 1. The Hall–Kier alpha value is -2.09. The molecule has 1 saturated carbocycles. The van der Waals surface area contributed by atoms with Crippen molar-refractivity contribution in [2.24, 2.45) is 11.3 Å². The first-order chi connectivity index (χ1) is 14.2. The van der Waals surface area contributed by atoms with Gasteiger partial charge in [-0.1, -0.05) is 6.92 Å². The summed E-state index contributed by atoms with van der Waals surface area (Å²) in [5.41, 5.74) is -0.854. The fourth-order valence-electron chi connectivity index (χ4n) is 5.88. The zero-order valence-electron chi connectivity index (χ0n) is 16.9. The van der Waals surface area contributed by atoms with Gasteiger partial charge >= 0.3 is 6.18 Å². The highest BCUT2D eigenvalue weighted by Gasteiger charge is 2.62. The molecule has 1 spiro atoms. The summed E-state index contributed by atoms with van der Waals surface area (Å²) in [5.74, 6) is 0.686. The Morgan fingerprint density at radius 1 is 1.17 bits per heavy atom. The summed E-state index contributed by atoms with van der Waals surface area (Å²) < 4.78 is 45.4. The van der Waals surface area contributed by atoms with Gasteiger partial charge in [0.05, 0.1) is 17.5 Å². The van der Waals surface area contributed by atoms with E-state index in [0.29, 0.717) is 29.9 Å². The number of hydrogen-bond donors (Lipinski definition) is 0. The third-order valence-electron chi connectivity index (χ3n) is 7.67. The fourth-order valence-corrected chi connectivity index (χ4v) is 5.88. The minimum Gasteiger partial charge on any atom is -0.470 e. The summed E-state index contributed by atoms with van der Waals surface area (Å²) in [4.78, 5) is 29.0. The van der Waals surface area contributed by atoms with E-state index in [1.165, 1.54) is 6.07 Å². The van der Waals surface area contributed by atoms with Gasteiger partial charge < -0.3 is 9.64 Å². The number of piperidine rings is 1. The first kappa shape index (κ1) is 19.8. The molecule has 2 unspecified atom stereocenters. The number of likely N-dealkylation sites (tertiary alicyclic amines) is 1. The highest BCUT2D eigenvalue weighted by molar-refractivity contribution is 5.86. The van der Waals surface area contributed by atoms with E-state index < -0.39 is 23.4 Å². The number of alkyl halides is 3. The first-order valence-electron chi connectivity index (χ1n) is 10.6. The minimum absolute atomic E-state index is 0.00125. The summed E-state index contributed by atoms with van der Waals surface area (Å²) in [6, 6.07) is 3.77. The van der Waals surface area contributed by atoms with Crippen LogP contribution in [0.5, 0.6) is 5.75 Å². The number of ketones is 1. The lowest BCUT2D eigenvalue weighted by molar-refractivity contribution is -0.140. The Labute approximate surface area is 173 Å². The third kappa shape index (κ3) is 2.94. The summed E-state index contributed by atoms with van der Waals surface area (Å²) in [6.45, 7) is 3.67. The summed E-state index contributed by atoms with van der Waals surface area (Å²) >= 11 is 0. The van der Waals surface area contributed by atoms with E-state index in [1.807, 2.05) is 6.92 Å². The summed E-state index contributed by atoms with van der Waals surface area (Å²) in [6.07, 6.45) is -1.35. The van der Waals surface area contributed by atoms with Crippen molar-refractivity contribution in [1.29, 1.82) is 0 Å². The molecule has 2 saturated heterocycles. The molecule has 3 aliphatic heterocycles. The number of carbonyl (C=O) groups excluding carboxylic acids is 2. The van der Waals surface area contributed by atoms with E-state index in [-0.39, 0.29) is 24.4 Å². The van der Waals surface area contributed by atoms with Gasteiger partial charge in [-0.2, -0.15) is 13.2 Å². The van der Waals surface area contributed by atoms with Crippen molar-refractivity contribution in [2.75, 3.05) is 13.1 Å². The van der Waals surface area contributed by atoms with E-state index in [4.69, 9.17) is 4.74 Å². The summed E-state index contributed by atoms with van der Waals surface area (Å²) in [5, 5.41) is 0. The van der Waals surface area contributed by atoms with Crippen molar-refractivity contribution in [1.82, 2.24) is 9.80 Å². The smallest absolute Gasteiger partial charge is 0.416 e. The van der Waals surface area contributed by atoms with Crippen LogP contribution in [0.3, 0.4) is 0 Å². The van der Waals surface area contributed by atoms with Gasteiger partial charge in [0.2, 0.25) is 5.91 Å². The molecule has 3 heterocycles. The van der Waals surface area contributed by atoms with Crippen molar-refractivity contribution in [2.45, 2.75) is 64.0 Å². The number of carbonyl (C=O) groups is 2. The minimum atomic E-state index is -4.43. The largest absolute Gasteiger partial charge is 0.470 e. The second-order valence-electron chi connectivity index (χ2n) is 9.18. The van der Waals surface area contributed by atoms with Crippen LogP contribution in [0.25, 0.3) is 0 Å². The lowest BCUT2D eigenvalue weighted by Crippen LogP contribution is -2.42. The van der Waals surface area contributed by atoms with Gasteiger partial charge in [0.1, 0.15) is 11.5 Å². The average Bonchev–Trinajstić information content (AvgIpc) is 3.24. The van der Waals surface area contributed by atoms with Gasteiger partial charge in [0.25, 0.3) is 0 Å². The van der Waals surface area contributed by atoms with Crippen LogP contribution in [-0.4, -0.2) is 46.8 Å². The number of hydrogen-bond acceptors (Lipinski definition) is 4. The van der Waals surface area contributed by atoms with E-state index >= 15 is 0 Å². The van der Waals surface area contributed by atoms with Crippen LogP contribution in [0, 0.1) is 11.3 Å². The normalized spacial score (nSPS) is 34.3. The number of nitrogens with zero attached hydrogens (tertiary/aromatic N) is 2. The number of rotatable bonds is 1. The Morgan fingerprint density at radius 3 is 2.60 bits per heavy atom. The second-order valence-corrected chi connectivity index (χ2v) is 9.18. The number of amides is 1. The zero-order chi connectivity index (χ0) is 21.3. The van der Waals surface area contributed by atoms with Crippen LogP contribution in [-0.2, 0) is 22.3 Å². The van der Waals surface area contributed by atoms with Gasteiger partial charge in [-0.05, 0) is 37.5 Å². The van der Waals surface area contributed by atoms with Gasteiger partial charge in [-0.25, -0.2) is 0 Å². The standard InChI is InChI=1S/C22H25F3N2O3/c1-13-19-27(12-14-10-15(22(23,24)25)2-3-18(14)30-19)20(29)21(13)7-4-16(11-21)26-8-5-17(28)6-9-26/h2-3,10,13,16,19H,4-9,11-12H2,1H3/t13?,16-,19?,21+/m1/s1. The van der Waals surface area contributed by atoms with E-state index in [1.54, 1.807) is 4.90 Å². The molecule has 30 heavy (non-hydrogen) atoms. The second kappa shape index (κ2) is 6.70. The Morgan fingerprint density at radius 2 is 1.90 bits per heavy atom. The zero-order valence-corrected chi connectivity index (χ0v) is 16.9. The molecule has 8 heteroatoms. The van der Waals surface area contributed by atoms with Crippen molar-refractivity contribution >= 4 is 11.7 Å². The molecular weight excluding hydrogens is 397 g/mol. The number of fused-ring (bicyclic) bond motifs is 2. The third-order valence-corrected chi connectivity index (χ3v) is 7.67. The van der Waals surface area contributed by atoms with Gasteiger partial charge in [-0.15, -0.1) is 0 Å². The number of halogens is 3. The molecule has 3 fully saturated rings. The molecule has 0 bridgehead atoms. The van der Waals surface area contributed by atoms with Crippen LogP contribution in [0.1, 0.15) is 50.2 Å². The molecule has 4 aliphatic rings. The molecule has 1 aliphatic carbocycles. The maximum Gasteiger partial charge on any atom is 0.416 e. The molecule has 0 radical (unpaired) electrons. The van der Waals surface area contributed by atoms with Crippen LogP contribution in [0.4, 0.5) is 13.2 Å². The molecule has 0 aromatic heterocycles. The molecule has 1 aromatic rings. The van der Waals surface area contributed by atoms with E-state index in [9.17, 15) is 22.8 Å². The Balaban J connectivity index is 1.37. The van der Waals surface area contributed by atoms with Crippen LogP contribution < -0.4 is 4.74 Å². The van der Waals surface area contributed by atoms with Crippen molar-refractivity contribution in [3.05, 3.63) is 29.3 Å². The van der Waals surface area contributed by atoms with Gasteiger partial charge in [0.15, 0.2) is 6.23 Å². The molecular formula is C22H25F3N2O3. The van der Waals surface area contributed by atoms with Crippen LogP contribution in [0.2, 0.25) is 0 Å². The highest BCUT2D eigenvalue weighted by atomic mass is 19.4. The quantitative estimate of drug-likeness (QED) is 0.694. The summed E-state index contributed by atoms with van der Waals surface area (Å²) in [7, 11) is 0. The van der Waals surface area contributed by atoms with Crippen molar-refractivity contribution in [3.63, 3.8) is 0 Å². The SMILES string of the molecule is CC1C2Oc3ccc(C(F)(F)F)cc3CN2C(=O)[C@]12CC[C@@H](N1CCC(=O)CC1)C2. The van der Waals surface area contributed by atoms with E-state index in [2.05, 4.69) is 4.90 Å². The predicted molar refractivity (Wildman–Crippen MR) is 101 cm³/mol. The Kier molecular flexibility index (Phi) is 4.44. The van der Waals surface area contributed by atoms with Gasteiger partial charge in [0, 0.05) is 43.5 Å². The van der Waals surface area contributed by atoms with Crippen LogP contribution >= 0.6 is 0 Å². The lowest BCUT2D eigenvalue weighted by Gasteiger charge is -2.34. The van der Waals surface area contributed by atoms with E-state index in [0.717, 1.165) is 44.5 Å². The highest BCUT2D eigenvalue weighted by Crippen LogP contribution is 2.55. The fraction of sp³-hybridized carbons (Fsp3) is 0.636. The number of ether oxygens (including phenoxy) is 1. The maximum atomic E-state index is 13.5. The monoisotopic (exact) mass is 422 g/mol. The van der Waals surface area contributed by atoms with Crippen LogP contribution in [0.15, 0.2) is 18.2 Å². The predicted octanol–water partition coefficient (Wildman–Crippen LogP) is 3.61. The molecule has 5 rings (SSSR count). The molecule has 0 N–H and O–H groups in total. The molecule has 1 amide bonds. The molecule has 5 nitrogen and oxygen atoms in total. The topological polar surface area (TPSA) is 49.9 Å². The van der Waals surface area contributed by atoms with Crippen molar-refractivity contribution < 1.29 is 27.5 Å². The molecule has 1 aromatic carbocycles. The first-order valence-corrected chi connectivity index (χ1v) is 10.6. The molecule has 162 valence electrons. The molecule has 4 atom stereocenters. The van der Waals surface area contributed by atoms with Gasteiger partial charge in [-0.3, -0.25) is 14.5 Å². The maximum absolute atomic E-state index is 13.5. The Bertz CT molecular complexity index is 892.